The highest BCUT2D eigenvalue weighted by atomic mass is 16.1. The molecule has 1 saturated heterocycles. The number of para-hydroxylation sites is 1. The molecule has 2 aromatic rings. The Balaban J connectivity index is 1.59. The Morgan fingerprint density at radius 1 is 1.09 bits per heavy atom. The first kappa shape index (κ1) is 15.8. The molecule has 1 heterocycles. The molecule has 0 spiro atoms. The minimum Gasteiger partial charge on any atom is -0.326 e. The molecular weight excluding hydrogens is 284 g/mol. The van der Waals surface area contributed by atoms with Crippen LogP contribution in [-0.2, 0) is 11.2 Å². The van der Waals surface area contributed by atoms with Crippen LogP contribution in [0.4, 0.5) is 5.69 Å². The van der Waals surface area contributed by atoms with Crippen LogP contribution < -0.4 is 10.6 Å². The van der Waals surface area contributed by atoms with Crippen LogP contribution in [0.2, 0.25) is 0 Å². The molecule has 1 unspecified atom stereocenters. The van der Waals surface area contributed by atoms with Gasteiger partial charge in [-0.05, 0) is 49.4 Å². The maximum absolute atomic E-state index is 12.2. The zero-order valence-corrected chi connectivity index (χ0v) is 13.4. The van der Waals surface area contributed by atoms with E-state index in [-0.39, 0.29) is 5.91 Å². The van der Waals surface area contributed by atoms with Crippen LogP contribution in [-0.4, -0.2) is 18.5 Å². The van der Waals surface area contributed by atoms with Gasteiger partial charge in [0.15, 0.2) is 0 Å². The molecule has 1 atom stereocenters. The third-order valence-electron chi connectivity index (χ3n) is 4.41. The lowest BCUT2D eigenvalue weighted by atomic mass is 10.0. The Labute approximate surface area is 138 Å². The minimum absolute atomic E-state index is 0.110. The van der Waals surface area contributed by atoms with Gasteiger partial charge >= 0.3 is 0 Å². The first-order valence-corrected chi connectivity index (χ1v) is 8.46. The highest BCUT2D eigenvalue weighted by Gasteiger charge is 2.15. The van der Waals surface area contributed by atoms with Crippen LogP contribution in [0, 0.1) is 0 Å². The maximum atomic E-state index is 12.2. The Bertz CT molecular complexity index is 633. The molecular formula is C20H24N2O. The summed E-state index contributed by atoms with van der Waals surface area (Å²) >= 11 is 0. The van der Waals surface area contributed by atoms with Gasteiger partial charge in [-0.1, -0.05) is 48.5 Å². The molecule has 3 heteroatoms. The molecule has 0 radical (unpaired) electrons. The average molecular weight is 308 g/mol. The van der Waals surface area contributed by atoms with E-state index in [4.69, 9.17) is 0 Å². The zero-order valence-electron chi connectivity index (χ0n) is 13.4. The summed E-state index contributed by atoms with van der Waals surface area (Å²) in [4.78, 5) is 12.2. The lowest BCUT2D eigenvalue weighted by molar-refractivity contribution is -0.116. The maximum Gasteiger partial charge on any atom is 0.224 e. The largest absolute Gasteiger partial charge is 0.326 e. The quantitative estimate of drug-likeness (QED) is 0.853. The fourth-order valence-corrected chi connectivity index (χ4v) is 3.13. The van der Waals surface area contributed by atoms with Crippen LogP contribution in [0.1, 0.15) is 36.8 Å². The van der Waals surface area contributed by atoms with E-state index < -0.39 is 0 Å². The normalized spacial score (nSPS) is 17.1. The number of carbonyl (C=O) groups is 1. The van der Waals surface area contributed by atoms with E-state index in [1.165, 1.54) is 18.4 Å². The zero-order chi connectivity index (χ0) is 15.9. The SMILES string of the molecule is O=C(CCC1CCCN1)Nc1ccccc1Cc1ccccc1. The molecule has 1 aliphatic rings. The smallest absolute Gasteiger partial charge is 0.224 e. The van der Waals surface area contributed by atoms with Crippen molar-refractivity contribution in [1.29, 1.82) is 0 Å². The van der Waals surface area contributed by atoms with Gasteiger partial charge in [0, 0.05) is 18.2 Å². The average Bonchev–Trinajstić information content (AvgIpc) is 3.09. The number of nitrogens with one attached hydrogen (secondary N) is 2. The van der Waals surface area contributed by atoms with Gasteiger partial charge in [-0.2, -0.15) is 0 Å². The Morgan fingerprint density at radius 3 is 2.65 bits per heavy atom. The van der Waals surface area contributed by atoms with Gasteiger partial charge in [-0.25, -0.2) is 0 Å². The van der Waals surface area contributed by atoms with E-state index in [0.29, 0.717) is 12.5 Å². The lowest BCUT2D eigenvalue weighted by Crippen LogP contribution is -2.23. The fraction of sp³-hybridized carbons (Fsp3) is 0.350. The molecule has 1 aliphatic heterocycles. The fourth-order valence-electron chi connectivity index (χ4n) is 3.13. The molecule has 0 aliphatic carbocycles. The summed E-state index contributed by atoms with van der Waals surface area (Å²) < 4.78 is 0. The molecule has 0 bridgehead atoms. The van der Waals surface area contributed by atoms with Crippen LogP contribution in [0.25, 0.3) is 0 Å². The number of carbonyl (C=O) groups excluding carboxylic acids is 1. The predicted molar refractivity (Wildman–Crippen MR) is 94.6 cm³/mol. The standard InChI is InChI=1S/C20H24N2O/c23-20(13-12-18-10-6-14-21-18)22-19-11-5-4-9-17(19)15-16-7-2-1-3-8-16/h1-5,7-9,11,18,21H,6,10,12-15H2,(H,22,23). The third kappa shape index (κ3) is 4.67. The van der Waals surface area contributed by atoms with Gasteiger partial charge in [-0.15, -0.1) is 0 Å². The summed E-state index contributed by atoms with van der Waals surface area (Å²) in [5, 5.41) is 6.53. The summed E-state index contributed by atoms with van der Waals surface area (Å²) in [5.74, 6) is 0.110. The summed E-state index contributed by atoms with van der Waals surface area (Å²) in [6, 6.07) is 18.9. The van der Waals surface area contributed by atoms with Crippen molar-refractivity contribution in [3.05, 3.63) is 65.7 Å². The second-order valence-electron chi connectivity index (χ2n) is 6.20. The van der Waals surface area contributed by atoms with Crippen LogP contribution >= 0.6 is 0 Å². The van der Waals surface area contributed by atoms with Crippen molar-refractivity contribution >= 4 is 11.6 Å². The van der Waals surface area contributed by atoms with E-state index in [9.17, 15) is 4.79 Å². The molecule has 120 valence electrons. The molecule has 0 saturated carbocycles. The van der Waals surface area contributed by atoms with Crippen LogP contribution in [0.15, 0.2) is 54.6 Å². The molecule has 3 nitrogen and oxygen atoms in total. The number of amides is 1. The van der Waals surface area contributed by atoms with Crippen LogP contribution in [0.3, 0.4) is 0 Å². The van der Waals surface area contributed by atoms with Gasteiger partial charge < -0.3 is 10.6 Å². The number of benzene rings is 2. The van der Waals surface area contributed by atoms with E-state index in [1.807, 2.05) is 36.4 Å². The topological polar surface area (TPSA) is 41.1 Å². The Morgan fingerprint density at radius 2 is 1.87 bits per heavy atom. The first-order valence-electron chi connectivity index (χ1n) is 8.46. The summed E-state index contributed by atoms with van der Waals surface area (Å²) in [5.41, 5.74) is 3.34. The van der Waals surface area contributed by atoms with E-state index >= 15 is 0 Å². The first-order chi connectivity index (χ1) is 11.3. The molecule has 2 aromatic carbocycles. The summed E-state index contributed by atoms with van der Waals surface area (Å²) in [6.07, 6.45) is 4.76. The van der Waals surface area contributed by atoms with Crippen LogP contribution in [0.5, 0.6) is 0 Å². The van der Waals surface area contributed by atoms with Gasteiger partial charge in [0.05, 0.1) is 0 Å². The summed E-state index contributed by atoms with van der Waals surface area (Å²) in [7, 11) is 0. The predicted octanol–water partition coefficient (Wildman–Crippen LogP) is 3.75. The highest BCUT2D eigenvalue weighted by molar-refractivity contribution is 5.91. The van der Waals surface area contributed by atoms with Crippen molar-refractivity contribution in [2.75, 3.05) is 11.9 Å². The molecule has 23 heavy (non-hydrogen) atoms. The highest BCUT2D eigenvalue weighted by Crippen LogP contribution is 2.20. The van der Waals surface area contributed by atoms with E-state index in [0.717, 1.165) is 30.6 Å². The van der Waals surface area contributed by atoms with Crippen molar-refractivity contribution < 1.29 is 4.79 Å². The van der Waals surface area contributed by atoms with Gasteiger partial charge in [0.2, 0.25) is 5.91 Å². The molecule has 1 fully saturated rings. The van der Waals surface area contributed by atoms with Crippen molar-refractivity contribution in [3.8, 4) is 0 Å². The molecule has 2 N–H and O–H groups in total. The van der Waals surface area contributed by atoms with Crippen molar-refractivity contribution in [3.63, 3.8) is 0 Å². The number of anilines is 1. The van der Waals surface area contributed by atoms with Gasteiger partial charge in [0.25, 0.3) is 0 Å². The van der Waals surface area contributed by atoms with Gasteiger partial charge in [-0.3, -0.25) is 4.79 Å². The van der Waals surface area contributed by atoms with Crippen molar-refractivity contribution in [1.82, 2.24) is 5.32 Å². The van der Waals surface area contributed by atoms with E-state index in [1.54, 1.807) is 0 Å². The molecule has 0 aromatic heterocycles. The van der Waals surface area contributed by atoms with Crippen molar-refractivity contribution in [2.45, 2.75) is 38.1 Å². The van der Waals surface area contributed by atoms with Crippen molar-refractivity contribution in [2.24, 2.45) is 0 Å². The molecule has 1 amide bonds. The molecule has 3 rings (SSSR count). The Kier molecular flexibility index (Phi) is 5.43. The monoisotopic (exact) mass is 308 g/mol. The number of hydrogen-bond donors (Lipinski definition) is 2. The van der Waals surface area contributed by atoms with Gasteiger partial charge in [0.1, 0.15) is 0 Å². The third-order valence-corrected chi connectivity index (χ3v) is 4.41. The second-order valence-corrected chi connectivity index (χ2v) is 6.20. The lowest BCUT2D eigenvalue weighted by Gasteiger charge is -2.13. The minimum atomic E-state index is 0.110. The number of rotatable bonds is 6. The summed E-state index contributed by atoms with van der Waals surface area (Å²) in [6.45, 7) is 1.09. The second kappa shape index (κ2) is 7.93. The Hall–Kier alpha value is -2.13. The van der Waals surface area contributed by atoms with E-state index in [2.05, 4.69) is 28.8 Å². The number of hydrogen-bond acceptors (Lipinski definition) is 2.